The van der Waals surface area contributed by atoms with Gasteiger partial charge in [-0.2, -0.15) is 0 Å². The topological polar surface area (TPSA) is 40.5 Å². The summed E-state index contributed by atoms with van der Waals surface area (Å²) in [6.07, 6.45) is 0.465. The van der Waals surface area contributed by atoms with Crippen LogP contribution in [0.15, 0.2) is 11.4 Å². The van der Waals surface area contributed by atoms with Crippen LogP contribution >= 0.6 is 11.3 Å². The first-order valence-electron chi connectivity index (χ1n) is 6.95. The highest BCUT2D eigenvalue weighted by Gasteiger charge is 2.20. The molecule has 0 spiro atoms. The van der Waals surface area contributed by atoms with E-state index in [4.69, 9.17) is 5.11 Å². The summed E-state index contributed by atoms with van der Waals surface area (Å²) in [6.45, 7) is 9.13. The maximum atomic E-state index is 12.5. The zero-order chi connectivity index (χ0) is 15.1. The average Bonchev–Trinajstić information content (AvgIpc) is 2.84. The van der Waals surface area contributed by atoms with Gasteiger partial charge in [0.15, 0.2) is 0 Å². The van der Waals surface area contributed by atoms with Crippen molar-refractivity contribution in [3.63, 3.8) is 0 Å². The summed E-state index contributed by atoms with van der Waals surface area (Å²) in [5, 5.41) is 10.6. The van der Waals surface area contributed by atoms with Crippen LogP contribution in [0.1, 0.15) is 49.4 Å². The first kappa shape index (κ1) is 16.7. The van der Waals surface area contributed by atoms with E-state index in [9.17, 15) is 4.79 Å². The molecule has 4 heteroatoms. The van der Waals surface area contributed by atoms with Gasteiger partial charge in [-0.15, -0.1) is 11.3 Å². The van der Waals surface area contributed by atoms with Crippen LogP contribution < -0.4 is 0 Å². The highest BCUT2D eigenvalue weighted by Crippen LogP contribution is 2.17. The second-order valence-electron chi connectivity index (χ2n) is 5.42. The summed E-state index contributed by atoms with van der Waals surface area (Å²) in [4.78, 5) is 15.3. The van der Waals surface area contributed by atoms with E-state index in [0.29, 0.717) is 17.9 Å². The molecule has 1 rings (SSSR count). The van der Waals surface area contributed by atoms with Crippen molar-refractivity contribution in [2.24, 2.45) is 5.92 Å². The molecule has 0 aromatic carbocycles. The van der Waals surface area contributed by atoms with Crippen molar-refractivity contribution in [2.45, 2.75) is 40.2 Å². The van der Waals surface area contributed by atoms with Crippen LogP contribution in [-0.4, -0.2) is 35.1 Å². The zero-order valence-electron chi connectivity index (χ0n) is 12.6. The van der Waals surface area contributed by atoms with Crippen molar-refractivity contribution in [3.05, 3.63) is 21.9 Å². The summed E-state index contributed by atoms with van der Waals surface area (Å²) in [7, 11) is 0. The second kappa shape index (κ2) is 8.08. The lowest BCUT2D eigenvalue weighted by Gasteiger charge is -2.28. The third-order valence-electron chi connectivity index (χ3n) is 2.74. The minimum Gasteiger partial charge on any atom is -0.395 e. The highest BCUT2D eigenvalue weighted by atomic mass is 32.1. The monoisotopic (exact) mass is 293 g/mol. The molecule has 1 aromatic rings. The maximum absolute atomic E-state index is 12.5. The van der Waals surface area contributed by atoms with Crippen molar-refractivity contribution >= 4 is 17.2 Å². The van der Waals surface area contributed by atoms with Gasteiger partial charge in [0.2, 0.25) is 0 Å². The van der Waals surface area contributed by atoms with E-state index in [0.717, 1.165) is 11.4 Å². The van der Waals surface area contributed by atoms with Gasteiger partial charge < -0.3 is 10.0 Å². The van der Waals surface area contributed by atoms with E-state index in [1.54, 1.807) is 0 Å². The average molecular weight is 293 g/mol. The summed E-state index contributed by atoms with van der Waals surface area (Å²) in [5.41, 5.74) is 0.706. The maximum Gasteiger partial charge on any atom is 0.254 e. The summed E-state index contributed by atoms with van der Waals surface area (Å²) in [6, 6.07) is 2.03. The minimum absolute atomic E-state index is 0.0691. The Morgan fingerprint density at radius 1 is 1.40 bits per heavy atom. The fraction of sp³-hybridized carbons (Fsp3) is 0.562. The summed E-state index contributed by atoms with van der Waals surface area (Å²) < 4.78 is 0. The first-order valence-corrected chi connectivity index (χ1v) is 7.83. The molecule has 0 bridgehead atoms. The Kier molecular flexibility index (Phi) is 6.77. The molecule has 1 amide bonds. The number of thiophene rings is 1. The zero-order valence-corrected chi connectivity index (χ0v) is 13.5. The van der Waals surface area contributed by atoms with Crippen LogP contribution in [0, 0.1) is 17.8 Å². The Bertz CT molecular complexity index is 494. The van der Waals surface area contributed by atoms with Crippen molar-refractivity contribution in [3.8, 4) is 11.8 Å². The third-order valence-corrected chi connectivity index (χ3v) is 3.59. The number of aliphatic hydroxyl groups excluding tert-OH is 1. The van der Waals surface area contributed by atoms with Gasteiger partial charge in [-0.3, -0.25) is 4.79 Å². The van der Waals surface area contributed by atoms with Crippen LogP contribution in [0.4, 0.5) is 0 Å². The van der Waals surface area contributed by atoms with Gasteiger partial charge in [-0.05, 0) is 25.8 Å². The molecule has 1 heterocycles. The fourth-order valence-corrected chi connectivity index (χ4v) is 2.56. The van der Waals surface area contributed by atoms with Crippen molar-refractivity contribution in [2.75, 3.05) is 13.2 Å². The van der Waals surface area contributed by atoms with E-state index in [2.05, 4.69) is 25.7 Å². The van der Waals surface area contributed by atoms with E-state index < -0.39 is 0 Å². The molecule has 0 saturated heterocycles. The first-order chi connectivity index (χ1) is 9.45. The quantitative estimate of drug-likeness (QED) is 0.848. The van der Waals surface area contributed by atoms with E-state index >= 15 is 0 Å². The number of amides is 1. The Labute approximate surface area is 125 Å². The molecule has 20 heavy (non-hydrogen) atoms. The second-order valence-corrected chi connectivity index (χ2v) is 6.33. The van der Waals surface area contributed by atoms with Crippen molar-refractivity contribution in [1.29, 1.82) is 0 Å². The lowest BCUT2D eigenvalue weighted by molar-refractivity contribution is 0.0682. The Balaban J connectivity index is 2.83. The molecule has 0 aliphatic heterocycles. The largest absolute Gasteiger partial charge is 0.395 e. The van der Waals surface area contributed by atoms with Gasteiger partial charge in [0, 0.05) is 24.4 Å². The molecule has 0 atom stereocenters. The summed E-state index contributed by atoms with van der Waals surface area (Å²) >= 11 is 1.47. The van der Waals surface area contributed by atoms with Crippen LogP contribution in [0.2, 0.25) is 0 Å². The lowest BCUT2D eigenvalue weighted by Crippen LogP contribution is -2.39. The van der Waals surface area contributed by atoms with Gasteiger partial charge in [0.1, 0.15) is 0 Å². The molecule has 3 nitrogen and oxygen atoms in total. The standard InChI is InChI=1S/C16H23NO2S/c1-12(2)10-17(13(3)4)16(19)14-9-15(20-11-14)7-5-6-8-18/h9,11-13,18H,6,8,10H2,1-4H3. The molecule has 0 saturated carbocycles. The van der Waals surface area contributed by atoms with Gasteiger partial charge in [0.05, 0.1) is 17.0 Å². The number of aliphatic hydroxyl groups is 1. The lowest BCUT2D eigenvalue weighted by atomic mass is 10.1. The van der Waals surface area contributed by atoms with E-state index in [1.807, 2.05) is 30.2 Å². The van der Waals surface area contributed by atoms with Crippen LogP contribution in [-0.2, 0) is 0 Å². The number of hydrogen-bond donors (Lipinski definition) is 1. The molecule has 0 fully saturated rings. The third kappa shape index (κ3) is 4.99. The van der Waals surface area contributed by atoms with Crippen LogP contribution in [0.3, 0.4) is 0 Å². The molecule has 0 aliphatic rings. The number of carbonyl (C=O) groups excluding carboxylic acids is 1. The molecule has 110 valence electrons. The SMILES string of the molecule is CC(C)CN(C(=O)c1csc(C#CCCO)c1)C(C)C. The number of carbonyl (C=O) groups is 1. The van der Waals surface area contributed by atoms with Crippen molar-refractivity contribution < 1.29 is 9.90 Å². The molecular weight excluding hydrogens is 270 g/mol. The minimum atomic E-state index is 0.0691. The van der Waals surface area contributed by atoms with Gasteiger partial charge >= 0.3 is 0 Å². The van der Waals surface area contributed by atoms with Gasteiger partial charge in [0.25, 0.3) is 5.91 Å². The van der Waals surface area contributed by atoms with E-state index in [-0.39, 0.29) is 18.6 Å². The predicted octanol–water partition coefficient (Wildman–Crippen LogP) is 2.99. The van der Waals surface area contributed by atoms with Crippen molar-refractivity contribution in [1.82, 2.24) is 4.90 Å². The van der Waals surface area contributed by atoms with Crippen LogP contribution in [0.25, 0.3) is 0 Å². The normalized spacial score (nSPS) is 10.6. The molecular formula is C16H23NO2S. The molecule has 0 radical (unpaired) electrons. The molecule has 1 aromatic heterocycles. The van der Waals surface area contributed by atoms with Gasteiger partial charge in [-0.1, -0.05) is 25.7 Å². The Hall–Kier alpha value is -1.31. The van der Waals surface area contributed by atoms with Crippen LogP contribution in [0.5, 0.6) is 0 Å². The summed E-state index contributed by atoms with van der Waals surface area (Å²) in [5.74, 6) is 6.36. The molecule has 1 N–H and O–H groups in total. The fourth-order valence-electron chi connectivity index (χ4n) is 1.81. The Morgan fingerprint density at radius 2 is 2.10 bits per heavy atom. The molecule has 0 aliphatic carbocycles. The van der Waals surface area contributed by atoms with E-state index in [1.165, 1.54) is 11.3 Å². The number of rotatable bonds is 5. The number of nitrogens with zero attached hydrogens (tertiary/aromatic N) is 1. The van der Waals surface area contributed by atoms with Gasteiger partial charge in [-0.25, -0.2) is 0 Å². The Morgan fingerprint density at radius 3 is 2.65 bits per heavy atom. The highest BCUT2D eigenvalue weighted by molar-refractivity contribution is 7.10. The number of hydrogen-bond acceptors (Lipinski definition) is 3. The predicted molar refractivity (Wildman–Crippen MR) is 83.9 cm³/mol. The smallest absolute Gasteiger partial charge is 0.254 e. The molecule has 0 unspecified atom stereocenters.